The van der Waals surface area contributed by atoms with Gasteiger partial charge in [0.1, 0.15) is 0 Å². The third-order valence-corrected chi connectivity index (χ3v) is 0.500. The summed E-state index contributed by atoms with van der Waals surface area (Å²) in [6.07, 6.45) is 0. The Kier molecular flexibility index (Phi) is 2.52. The van der Waals surface area contributed by atoms with E-state index in [-0.39, 0.29) is 5.41 Å². The molecule has 0 aromatic heterocycles. The van der Waals surface area contributed by atoms with E-state index < -0.39 is 0 Å². The summed E-state index contributed by atoms with van der Waals surface area (Å²) in [6.45, 7) is 6.30. The van der Waals surface area contributed by atoms with E-state index in [1.807, 2.05) is 17.7 Å². The van der Waals surface area contributed by atoms with Crippen LogP contribution in [0.3, 0.4) is 0 Å². The SMILES string of the molecule is [Li][C]#CC(C)(C)C. The molecule has 1 heteroatoms. The van der Waals surface area contributed by atoms with Crippen LogP contribution >= 0.6 is 0 Å². The summed E-state index contributed by atoms with van der Waals surface area (Å²) in [4.78, 5) is 0. The molecule has 0 aliphatic rings. The Morgan fingerprint density at radius 3 is 1.71 bits per heavy atom. The van der Waals surface area contributed by atoms with Gasteiger partial charge in [0, 0.05) is 0 Å². The van der Waals surface area contributed by atoms with Gasteiger partial charge in [-0.25, -0.2) is 0 Å². The second-order valence-electron chi connectivity index (χ2n) is 2.62. The molecule has 0 N–H and O–H groups in total. The zero-order valence-electron chi connectivity index (χ0n) is 5.50. The molecule has 0 saturated carbocycles. The molecule has 0 radical (unpaired) electrons. The van der Waals surface area contributed by atoms with Crippen LogP contribution in [-0.4, -0.2) is 17.7 Å². The first-order valence-electron chi connectivity index (χ1n) is 2.50. The normalized spacial score (nSPS) is 9.86. The molecule has 0 unspecified atom stereocenters. The van der Waals surface area contributed by atoms with E-state index in [4.69, 9.17) is 0 Å². The van der Waals surface area contributed by atoms with Gasteiger partial charge in [-0.2, -0.15) is 0 Å². The molecule has 0 rings (SSSR count). The molecule has 0 aliphatic carbocycles. The van der Waals surface area contributed by atoms with E-state index >= 15 is 0 Å². The monoisotopic (exact) mass is 88.1 g/mol. The first-order chi connectivity index (χ1) is 3.06. The maximum absolute atomic E-state index is 3.03. The summed E-state index contributed by atoms with van der Waals surface area (Å²) in [5.41, 5.74) is 0.189. The van der Waals surface area contributed by atoms with Gasteiger partial charge in [0.25, 0.3) is 0 Å². The topological polar surface area (TPSA) is 0 Å². The van der Waals surface area contributed by atoms with Gasteiger partial charge in [-0.3, -0.25) is 0 Å². The molecule has 0 bridgehead atoms. The summed E-state index contributed by atoms with van der Waals surface area (Å²) in [6, 6.07) is 0. The predicted molar refractivity (Wildman–Crippen MR) is 33.0 cm³/mol. The molecule has 0 aromatic rings. The fraction of sp³-hybridized carbons (Fsp3) is 0.667. The van der Waals surface area contributed by atoms with Crippen LogP contribution in [0.1, 0.15) is 20.8 Å². The fourth-order valence-electron chi connectivity index (χ4n) is 0.375. The summed E-state index contributed by atoms with van der Waals surface area (Å²) in [7, 11) is 0. The average molecular weight is 88.1 g/mol. The summed E-state index contributed by atoms with van der Waals surface area (Å²) < 4.78 is 2.86. The second-order valence-corrected chi connectivity index (χ2v) is 2.62. The molecule has 7 heavy (non-hydrogen) atoms. The molecular weight excluding hydrogens is 79.0 g/mol. The van der Waals surface area contributed by atoms with Crippen molar-refractivity contribution in [3.63, 3.8) is 0 Å². The third kappa shape index (κ3) is 6.16. The zero-order chi connectivity index (χ0) is 5.91. The van der Waals surface area contributed by atoms with Crippen molar-refractivity contribution in [1.82, 2.24) is 0 Å². The second kappa shape index (κ2) is 2.46. The third-order valence-electron chi connectivity index (χ3n) is 0.500. The Bertz CT molecular complexity index is 97.6. The molecule has 0 saturated heterocycles. The van der Waals surface area contributed by atoms with Gasteiger partial charge in [0.2, 0.25) is 0 Å². The molecular formula is C6H9Li. The molecule has 0 spiro atoms. The minimum atomic E-state index is 0.189. The van der Waals surface area contributed by atoms with E-state index in [1.54, 1.807) is 0 Å². The van der Waals surface area contributed by atoms with E-state index in [1.165, 1.54) is 0 Å². The standard InChI is InChI=1S/C6H9.Li/c1-5-6(2,3)4;/h2-4H3;. The van der Waals surface area contributed by atoms with Crippen molar-refractivity contribution < 1.29 is 0 Å². The van der Waals surface area contributed by atoms with Crippen molar-refractivity contribution >= 4 is 17.7 Å². The van der Waals surface area contributed by atoms with E-state index in [0.29, 0.717) is 0 Å². The van der Waals surface area contributed by atoms with Crippen LogP contribution in [0.5, 0.6) is 0 Å². The van der Waals surface area contributed by atoms with Crippen LogP contribution in [-0.2, 0) is 0 Å². The Labute approximate surface area is 54.9 Å². The van der Waals surface area contributed by atoms with Gasteiger partial charge in [-0.1, -0.05) is 0 Å². The van der Waals surface area contributed by atoms with Crippen LogP contribution in [0.15, 0.2) is 0 Å². The minimum absolute atomic E-state index is 0.189. The molecule has 0 aromatic carbocycles. The van der Waals surface area contributed by atoms with E-state index in [2.05, 4.69) is 31.3 Å². The Balaban J connectivity index is 3.72. The van der Waals surface area contributed by atoms with Gasteiger partial charge in [0.15, 0.2) is 0 Å². The van der Waals surface area contributed by atoms with Gasteiger partial charge in [-0.15, -0.1) is 0 Å². The maximum atomic E-state index is 3.03. The van der Waals surface area contributed by atoms with Crippen molar-refractivity contribution in [3.8, 4) is 10.5 Å². The van der Waals surface area contributed by atoms with Crippen LogP contribution in [0.4, 0.5) is 0 Å². The van der Waals surface area contributed by atoms with Crippen molar-refractivity contribution in [2.45, 2.75) is 20.8 Å². The molecule has 0 aliphatic heterocycles. The fourth-order valence-corrected chi connectivity index (χ4v) is 0.375. The van der Waals surface area contributed by atoms with E-state index in [9.17, 15) is 0 Å². The first kappa shape index (κ1) is 7.16. The molecule has 34 valence electrons. The zero-order valence-corrected chi connectivity index (χ0v) is 5.50. The molecule has 0 nitrogen and oxygen atoms in total. The molecule has 0 fully saturated rings. The van der Waals surface area contributed by atoms with Crippen molar-refractivity contribution in [2.24, 2.45) is 5.41 Å². The predicted octanol–water partition coefficient (Wildman–Crippen LogP) is 1.16. The number of hydrogen-bond acceptors (Lipinski definition) is 0. The van der Waals surface area contributed by atoms with Crippen LogP contribution in [0.25, 0.3) is 0 Å². The van der Waals surface area contributed by atoms with Crippen molar-refractivity contribution in [3.05, 3.63) is 0 Å². The number of hydrogen-bond donors (Lipinski definition) is 0. The molecule has 0 heterocycles. The average Bonchev–Trinajstić information content (AvgIpc) is 1.30. The Hall–Kier alpha value is 0.157. The van der Waals surface area contributed by atoms with Crippen LogP contribution < -0.4 is 0 Å². The van der Waals surface area contributed by atoms with E-state index in [0.717, 1.165) is 0 Å². The van der Waals surface area contributed by atoms with Gasteiger partial charge < -0.3 is 0 Å². The van der Waals surface area contributed by atoms with Crippen LogP contribution in [0.2, 0.25) is 0 Å². The van der Waals surface area contributed by atoms with Crippen LogP contribution in [0, 0.1) is 15.9 Å². The summed E-state index contributed by atoms with van der Waals surface area (Å²) in [5, 5.41) is 0. The summed E-state index contributed by atoms with van der Waals surface area (Å²) in [5.74, 6) is 3.03. The summed E-state index contributed by atoms with van der Waals surface area (Å²) >= 11 is 1.87. The number of rotatable bonds is 0. The van der Waals surface area contributed by atoms with Gasteiger partial charge in [0.05, 0.1) is 0 Å². The Morgan fingerprint density at radius 1 is 1.29 bits per heavy atom. The van der Waals surface area contributed by atoms with Crippen molar-refractivity contribution in [2.75, 3.05) is 0 Å². The molecule has 0 amide bonds. The quantitative estimate of drug-likeness (QED) is 0.308. The van der Waals surface area contributed by atoms with Gasteiger partial charge >= 0.3 is 54.4 Å². The Morgan fingerprint density at radius 2 is 1.71 bits per heavy atom. The first-order valence-corrected chi connectivity index (χ1v) is 2.50. The molecule has 0 atom stereocenters. The van der Waals surface area contributed by atoms with Gasteiger partial charge in [-0.05, 0) is 0 Å². The van der Waals surface area contributed by atoms with Crippen molar-refractivity contribution in [1.29, 1.82) is 0 Å².